The maximum Gasteiger partial charge on any atom is 0.331 e. The van der Waals surface area contributed by atoms with Crippen LogP contribution in [0.1, 0.15) is 26.2 Å². The minimum Gasteiger partial charge on any atom is -0.464 e. The number of isocyanates is 3. The molecule has 0 aliphatic heterocycles. The number of rotatable bonds is 8. The van der Waals surface area contributed by atoms with Crippen molar-refractivity contribution in [2.75, 3.05) is 13.2 Å². The highest BCUT2D eigenvalue weighted by molar-refractivity contribution is 5.76. The van der Waals surface area contributed by atoms with Crippen molar-refractivity contribution in [1.29, 1.82) is 5.41 Å². The minimum absolute atomic E-state index is 0.249. The highest BCUT2D eigenvalue weighted by atomic mass is 16.5. The molecule has 8 heteroatoms. The van der Waals surface area contributed by atoms with E-state index in [4.69, 9.17) is 14.9 Å². The van der Waals surface area contributed by atoms with Gasteiger partial charge in [-0.15, -0.1) is 0 Å². The van der Waals surface area contributed by atoms with E-state index >= 15 is 0 Å². The van der Waals surface area contributed by atoms with E-state index in [0.717, 1.165) is 6.08 Å². The van der Waals surface area contributed by atoms with Crippen LogP contribution in [-0.2, 0) is 23.9 Å². The third-order valence-electron chi connectivity index (χ3n) is 1.83. The Bertz CT molecular complexity index is 378. The monoisotopic (exact) mass is 269 g/mol. The van der Waals surface area contributed by atoms with E-state index in [0.29, 0.717) is 25.8 Å². The van der Waals surface area contributed by atoms with Gasteiger partial charge >= 0.3 is 5.97 Å². The zero-order valence-corrected chi connectivity index (χ0v) is 10.5. The Labute approximate surface area is 110 Å². The average Bonchev–Trinajstić information content (AvgIpc) is 2.38. The van der Waals surface area contributed by atoms with Crippen molar-refractivity contribution in [3.05, 3.63) is 0 Å². The Morgan fingerprint density at radius 3 is 2.37 bits per heavy atom. The number of carbonyl (C=O) groups excluding carboxylic acids is 4. The maximum absolute atomic E-state index is 11.3. The Morgan fingerprint density at radius 1 is 1.26 bits per heavy atom. The van der Waals surface area contributed by atoms with E-state index in [-0.39, 0.29) is 6.61 Å². The van der Waals surface area contributed by atoms with Gasteiger partial charge in [0.1, 0.15) is 0 Å². The van der Waals surface area contributed by atoms with Crippen LogP contribution in [0.3, 0.4) is 0 Å². The lowest BCUT2D eigenvalue weighted by Crippen LogP contribution is -2.21. The van der Waals surface area contributed by atoms with E-state index in [9.17, 15) is 14.4 Å². The molecule has 1 atom stereocenters. The molecule has 1 unspecified atom stereocenters. The predicted molar refractivity (Wildman–Crippen MR) is 63.8 cm³/mol. The normalized spacial score (nSPS) is 9.53. The smallest absolute Gasteiger partial charge is 0.331 e. The summed E-state index contributed by atoms with van der Waals surface area (Å²) >= 11 is 0. The van der Waals surface area contributed by atoms with Gasteiger partial charge in [0.2, 0.25) is 18.2 Å². The second kappa shape index (κ2) is 15.6. The van der Waals surface area contributed by atoms with Crippen LogP contribution in [0.25, 0.3) is 0 Å². The van der Waals surface area contributed by atoms with Gasteiger partial charge < -0.3 is 4.74 Å². The quantitative estimate of drug-likeness (QED) is 0.300. The summed E-state index contributed by atoms with van der Waals surface area (Å²) in [7, 11) is 0. The van der Waals surface area contributed by atoms with Gasteiger partial charge in [0.25, 0.3) is 0 Å². The Kier molecular flexibility index (Phi) is 15.6. The first-order valence-electron chi connectivity index (χ1n) is 5.48. The molecule has 1 N–H and O–H groups in total. The van der Waals surface area contributed by atoms with Crippen molar-refractivity contribution >= 4 is 24.2 Å². The highest BCUT2D eigenvalue weighted by Gasteiger charge is 2.17. The molecule has 0 rings (SSSR count). The van der Waals surface area contributed by atoms with E-state index in [1.807, 2.05) is 0 Å². The third-order valence-corrected chi connectivity index (χ3v) is 1.83. The van der Waals surface area contributed by atoms with Crippen molar-refractivity contribution < 1.29 is 23.9 Å². The van der Waals surface area contributed by atoms with Gasteiger partial charge in [0, 0.05) is 0 Å². The van der Waals surface area contributed by atoms with Crippen LogP contribution in [0.2, 0.25) is 0 Å². The van der Waals surface area contributed by atoms with Crippen LogP contribution in [0.5, 0.6) is 0 Å². The molecule has 104 valence electrons. The molecule has 0 aromatic carbocycles. The Hall–Kier alpha value is -2.39. The molecule has 0 aliphatic rings. The molecule has 0 amide bonds. The highest BCUT2D eigenvalue weighted by Crippen LogP contribution is 2.06. The molecular formula is C11H15N3O5. The Balaban J connectivity index is 0. The van der Waals surface area contributed by atoms with Crippen molar-refractivity contribution in [3.8, 4) is 0 Å². The van der Waals surface area contributed by atoms with Gasteiger partial charge in [-0.2, -0.15) is 4.99 Å². The number of nitrogens with one attached hydrogen (secondary N) is 1. The fourth-order valence-electron chi connectivity index (χ4n) is 1.11. The van der Waals surface area contributed by atoms with Crippen LogP contribution in [0.4, 0.5) is 0 Å². The molecule has 0 aromatic heterocycles. The zero-order chi connectivity index (χ0) is 14.9. The lowest BCUT2D eigenvalue weighted by Gasteiger charge is -2.08. The maximum atomic E-state index is 11.3. The van der Waals surface area contributed by atoms with Crippen LogP contribution in [0.15, 0.2) is 9.98 Å². The van der Waals surface area contributed by atoms with E-state index in [2.05, 4.69) is 9.98 Å². The predicted octanol–water partition coefficient (Wildman–Crippen LogP) is 0.661. The summed E-state index contributed by atoms with van der Waals surface area (Å²) < 4.78 is 4.74. The second-order valence-corrected chi connectivity index (χ2v) is 3.06. The van der Waals surface area contributed by atoms with E-state index < -0.39 is 12.0 Å². The SMILES string of the molecule is CCOC(=O)C(CCCCN=C=O)N=C=O.N=C=O. The first-order chi connectivity index (χ1) is 9.17. The molecule has 0 aromatic rings. The number of esters is 1. The van der Waals surface area contributed by atoms with Crippen molar-refractivity contribution in [2.24, 2.45) is 9.98 Å². The molecule has 0 heterocycles. The number of unbranched alkanes of at least 4 members (excludes halogenated alkanes) is 1. The first kappa shape index (κ1) is 19.0. The fourth-order valence-corrected chi connectivity index (χ4v) is 1.11. The lowest BCUT2D eigenvalue weighted by atomic mass is 10.1. The molecule has 0 saturated carbocycles. The molecule has 0 saturated heterocycles. The number of nitrogens with zero attached hydrogens (tertiary/aromatic N) is 2. The molecule has 0 aliphatic carbocycles. The van der Waals surface area contributed by atoms with Crippen LogP contribution < -0.4 is 0 Å². The number of carbonyl (C=O) groups is 1. The third kappa shape index (κ3) is 13.5. The van der Waals surface area contributed by atoms with E-state index in [1.165, 1.54) is 12.2 Å². The summed E-state index contributed by atoms with van der Waals surface area (Å²) in [4.78, 5) is 46.2. The summed E-state index contributed by atoms with van der Waals surface area (Å²) in [5, 5.41) is 5.40. The molecule has 0 bridgehead atoms. The van der Waals surface area contributed by atoms with Gasteiger partial charge in [-0.25, -0.2) is 29.6 Å². The molecule has 0 radical (unpaired) electrons. The lowest BCUT2D eigenvalue weighted by molar-refractivity contribution is -0.144. The molecule has 0 spiro atoms. The van der Waals surface area contributed by atoms with E-state index in [1.54, 1.807) is 6.92 Å². The Morgan fingerprint density at radius 2 is 1.89 bits per heavy atom. The second-order valence-electron chi connectivity index (χ2n) is 3.06. The molecule has 8 nitrogen and oxygen atoms in total. The van der Waals surface area contributed by atoms with Crippen molar-refractivity contribution in [3.63, 3.8) is 0 Å². The van der Waals surface area contributed by atoms with Crippen LogP contribution in [0, 0.1) is 5.41 Å². The van der Waals surface area contributed by atoms with Gasteiger partial charge in [0.15, 0.2) is 6.04 Å². The summed E-state index contributed by atoms with van der Waals surface area (Å²) in [5.74, 6) is -0.523. The van der Waals surface area contributed by atoms with Gasteiger partial charge in [0.05, 0.1) is 13.2 Å². The number of hydrogen-bond donors (Lipinski definition) is 1. The zero-order valence-electron chi connectivity index (χ0n) is 10.5. The fraction of sp³-hybridized carbons (Fsp3) is 0.636. The molecule has 0 fully saturated rings. The number of ether oxygens (including phenoxy) is 1. The molecular weight excluding hydrogens is 254 g/mol. The first-order valence-corrected chi connectivity index (χ1v) is 5.48. The van der Waals surface area contributed by atoms with Gasteiger partial charge in [-0.05, 0) is 26.2 Å². The van der Waals surface area contributed by atoms with Crippen molar-refractivity contribution in [2.45, 2.75) is 32.2 Å². The summed E-state index contributed by atoms with van der Waals surface area (Å²) in [6.45, 7) is 2.29. The van der Waals surface area contributed by atoms with Crippen LogP contribution >= 0.6 is 0 Å². The summed E-state index contributed by atoms with van der Waals surface area (Å²) in [6, 6.07) is -0.794. The van der Waals surface area contributed by atoms with Gasteiger partial charge in [-0.1, -0.05) is 0 Å². The number of hydrogen-bond acceptors (Lipinski definition) is 8. The van der Waals surface area contributed by atoms with Crippen molar-refractivity contribution in [1.82, 2.24) is 0 Å². The topological polar surface area (TPSA) is 126 Å². The molecule has 19 heavy (non-hydrogen) atoms. The van der Waals surface area contributed by atoms with Gasteiger partial charge in [-0.3, -0.25) is 0 Å². The number of aliphatic imine (C=N–C) groups is 2. The summed E-state index contributed by atoms with van der Waals surface area (Å²) in [6.07, 6.45) is 5.17. The largest absolute Gasteiger partial charge is 0.464 e. The standard InChI is InChI=1S/C10H14N2O4.CHNO/c1-2-16-10(15)9(12-8-14)5-3-4-6-11-7-13;2-1-3/h9H,2-6H2,1H3;2H. The average molecular weight is 269 g/mol. The van der Waals surface area contributed by atoms with Crippen LogP contribution in [-0.4, -0.2) is 43.4 Å². The minimum atomic E-state index is -0.794. The summed E-state index contributed by atoms with van der Waals surface area (Å²) in [5.41, 5.74) is 0.